The van der Waals surface area contributed by atoms with Crippen LogP contribution in [0, 0.1) is 5.92 Å². The van der Waals surface area contributed by atoms with E-state index in [-0.39, 0.29) is 18.2 Å². The van der Waals surface area contributed by atoms with Crippen LogP contribution in [-0.2, 0) is 6.42 Å². The third kappa shape index (κ3) is 3.91. The van der Waals surface area contributed by atoms with Crippen LogP contribution < -0.4 is 4.90 Å². The zero-order valence-electron chi connectivity index (χ0n) is 15.0. The van der Waals surface area contributed by atoms with Gasteiger partial charge in [0.05, 0.1) is 24.5 Å². The smallest absolute Gasteiger partial charge is 0.394 e. The summed E-state index contributed by atoms with van der Waals surface area (Å²) >= 11 is 0. The van der Waals surface area contributed by atoms with Gasteiger partial charge in [-0.15, -0.1) is 0 Å². The van der Waals surface area contributed by atoms with Crippen LogP contribution in [0.1, 0.15) is 18.5 Å². The summed E-state index contributed by atoms with van der Waals surface area (Å²) in [6.45, 7) is 1.68. The Morgan fingerprint density at radius 3 is 2.82 bits per heavy atom. The van der Waals surface area contributed by atoms with Gasteiger partial charge >= 0.3 is 6.18 Å². The molecule has 0 bridgehead atoms. The van der Waals surface area contributed by atoms with Crippen LogP contribution in [0.3, 0.4) is 0 Å². The van der Waals surface area contributed by atoms with E-state index in [0.29, 0.717) is 23.7 Å². The van der Waals surface area contributed by atoms with E-state index in [0.717, 1.165) is 25.2 Å². The normalized spacial score (nSPS) is 18.0. The van der Waals surface area contributed by atoms with Crippen LogP contribution in [0.15, 0.2) is 30.9 Å². The molecule has 4 heterocycles. The lowest BCUT2D eigenvalue weighted by molar-refractivity contribution is -0.127. The molecule has 1 saturated heterocycles. The largest absolute Gasteiger partial charge is 0.396 e. The number of hydrogen-bond donors (Lipinski definition) is 1. The Kier molecular flexibility index (Phi) is 4.88. The van der Waals surface area contributed by atoms with E-state index < -0.39 is 12.6 Å². The van der Waals surface area contributed by atoms with Crippen molar-refractivity contribution >= 4 is 11.5 Å². The first kappa shape index (κ1) is 18.6. The van der Waals surface area contributed by atoms with Crippen molar-refractivity contribution in [2.24, 2.45) is 5.92 Å². The van der Waals surface area contributed by atoms with Gasteiger partial charge in [0.1, 0.15) is 11.5 Å². The third-order valence-electron chi connectivity index (χ3n) is 4.80. The first-order valence-corrected chi connectivity index (χ1v) is 9.01. The van der Waals surface area contributed by atoms with Crippen LogP contribution in [0.2, 0.25) is 0 Å². The molecule has 0 radical (unpaired) electrons. The molecular weight excluding hydrogens is 373 g/mol. The minimum Gasteiger partial charge on any atom is -0.396 e. The molecule has 0 aliphatic carbocycles. The summed E-state index contributed by atoms with van der Waals surface area (Å²) in [5.41, 5.74) is 0.823. The second kappa shape index (κ2) is 7.34. The van der Waals surface area contributed by atoms with E-state index in [4.69, 9.17) is 0 Å². The lowest BCUT2D eigenvalue weighted by atomic mass is 9.99. The second-order valence-electron chi connectivity index (χ2n) is 6.92. The number of nitrogens with zero attached hydrogens (tertiary/aromatic N) is 6. The van der Waals surface area contributed by atoms with Gasteiger partial charge in [0, 0.05) is 32.1 Å². The minimum atomic E-state index is -4.34. The van der Waals surface area contributed by atoms with Crippen molar-refractivity contribution in [2.75, 3.05) is 24.6 Å². The van der Waals surface area contributed by atoms with E-state index in [1.165, 1.54) is 23.0 Å². The number of halogens is 3. The summed E-state index contributed by atoms with van der Waals surface area (Å²) in [5.74, 6) is 1.31. The second-order valence-corrected chi connectivity index (χ2v) is 6.92. The van der Waals surface area contributed by atoms with Crippen LogP contribution in [0.5, 0.6) is 0 Å². The Hall–Kier alpha value is -2.75. The van der Waals surface area contributed by atoms with Crippen molar-refractivity contribution in [3.05, 3.63) is 36.5 Å². The Morgan fingerprint density at radius 2 is 2.04 bits per heavy atom. The Bertz CT molecular complexity index is 973. The maximum absolute atomic E-state index is 12.7. The lowest BCUT2D eigenvalue weighted by Gasteiger charge is -2.32. The van der Waals surface area contributed by atoms with Gasteiger partial charge in [-0.2, -0.15) is 13.2 Å². The van der Waals surface area contributed by atoms with E-state index in [9.17, 15) is 18.3 Å². The first-order chi connectivity index (χ1) is 13.4. The zero-order chi connectivity index (χ0) is 19.7. The Morgan fingerprint density at radius 1 is 1.18 bits per heavy atom. The van der Waals surface area contributed by atoms with Gasteiger partial charge in [-0.3, -0.25) is 9.38 Å². The number of piperidine rings is 1. The fraction of sp³-hybridized carbons (Fsp3) is 0.444. The number of anilines is 1. The van der Waals surface area contributed by atoms with Crippen molar-refractivity contribution in [2.45, 2.75) is 25.4 Å². The average molecular weight is 392 g/mol. The molecule has 3 aromatic heterocycles. The van der Waals surface area contributed by atoms with Crippen molar-refractivity contribution < 1.29 is 18.3 Å². The highest BCUT2D eigenvalue weighted by atomic mass is 19.4. The summed E-state index contributed by atoms with van der Waals surface area (Å²) in [7, 11) is 0. The molecule has 1 aliphatic rings. The number of imidazole rings is 1. The number of aromatic nitrogens is 5. The molecule has 0 saturated carbocycles. The lowest BCUT2D eigenvalue weighted by Crippen LogP contribution is -2.37. The SMILES string of the molecule is OCC1CCCN(c2ccnc(-c3cnc4cnc(CC(F)(F)F)cn34)n2)C1. The first-order valence-electron chi connectivity index (χ1n) is 9.01. The quantitative estimate of drug-likeness (QED) is 0.735. The summed E-state index contributed by atoms with van der Waals surface area (Å²) in [5, 5.41) is 9.43. The molecular formula is C18H19F3N6O. The maximum atomic E-state index is 12.7. The summed E-state index contributed by atoms with van der Waals surface area (Å²) in [6, 6.07) is 1.79. The molecule has 1 N–H and O–H groups in total. The van der Waals surface area contributed by atoms with Crippen molar-refractivity contribution in [1.82, 2.24) is 24.3 Å². The molecule has 0 amide bonds. The van der Waals surface area contributed by atoms with Crippen molar-refractivity contribution in [3.8, 4) is 11.5 Å². The van der Waals surface area contributed by atoms with Gasteiger partial charge in [0.15, 0.2) is 11.5 Å². The van der Waals surface area contributed by atoms with Gasteiger partial charge < -0.3 is 10.0 Å². The molecule has 7 nitrogen and oxygen atoms in total. The summed E-state index contributed by atoms with van der Waals surface area (Å²) in [4.78, 5) is 19.0. The molecule has 1 atom stereocenters. The average Bonchev–Trinajstić information content (AvgIpc) is 3.10. The molecule has 4 rings (SSSR count). The molecule has 1 fully saturated rings. The minimum absolute atomic E-state index is 0.0998. The van der Waals surface area contributed by atoms with Crippen LogP contribution in [-0.4, -0.2) is 55.3 Å². The van der Waals surface area contributed by atoms with Crippen LogP contribution in [0.25, 0.3) is 17.2 Å². The van der Waals surface area contributed by atoms with E-state index in [2.05, 4.69) is 24.8 Å². The molecule has 0 aromatic carbocycles. The summed E-state index contributed by atoms with van der Waals surface area (Å²) < 4.78 is 39.6. The number of rotatable bonds is 4. The highest BCUT2D eigenvalue weighted by Crippen LogP contribution is 2.25. The highest BCUT2D eigenvalue weighted by molar-refractivity contribution is 5.58. The maximum Gasteiger partial charge on any atom is 0.394 e. The standard InChI is InChI=1S/C18H19F3N6O/c19-18(20,21)6-13-10-27-14(7-24-16(27)8-23-13)17-22-4-3-15(25-17)26-5-1-2-12(9-26)11-28/h3-4,7-8,10,12,28H,1-2,5-6,9,11H2. The van der Waals surface area contributed by atoms with Gasteiger partial charge in [-0.25, -0.2) is 15.0 Å². The Balaban J connectivity index is 1.67. The highest BCUT2D eigenvalue weighted by Gasteiger charge is 2.29. The van der Waals surface area contributed by atoms with Crippen LogP contribution in [0.4, 0.5) is 19.0 Å². The van der Waals surface area contributed by atoms with Crippen molar-refractivity contribution in [3.63, 3.8) is 0 Å². The topological polar surface area (TPSA) is 79.4 Å². The van der Waals surface area contributed by atoms with Gasteiger partial charge in [0.2, 0.25) is 0 Å². The van der Waals surface area contributed by atoms with Gasteiger partial charge in [0.25, 0.3) is 0 Å². The van der Waals surface area contributed by atoms with Crippen LogP contribution >= 0.6 is 0 Å². The number of aliphatic hydroxyl groups is 1. The molecule has 10 heteroatoms. The summed E-state index contributed by atoms with van der Waals surface area (Å²) in [6.07, 6.45) is 2.28. The molecule has 3 aromatic rings. The van der Waals surface area contributed by atoms with Gasteiger partial charge in [-0.1, -0.05) is 0 Å². The zero-order valence-corrected chi connectivity index (χ0v) is 15.0. The molecule has 1 aliphatic heterocycles. The third-order valence-corrected chi connectivity index (χ3v) is 4.80. The number of alkyl halides is 3. The predicted octanol–water partition coefficient (Wildman–Crippen LogP) is 2.50. The monoisotopic (exact) mass is 392 g/mol. The number of fused-ring (bicyclic) bond motifs is 1. The fourth-order valence-electron chi connectivity index (χ4n) is 3.46. The van der Waals surface area contributed by atoms with E-state index in [1.807, 2.05) is 0 Å². The fourth-order valence-corrected chi connectivity index (χ4v) is 3.46. The molecule has 28 heavy (non-hydrogen) atoms. The van der Waals surface area contributed by atoms with E-state index >= 15 is 0 Å². The van der Waals surface area contributed by atoms with E-state index in [1.54, 1.807) is 12.3 Å². The predicted molar refractivity (Wildman–Crippen MR) is 95.8 cm³/mol. The van der Waals surface area contributed by atoms with Crippen molar-refractivity contribution in [1.29, 1.82) is 0 Å². The molecule has 1 unspecified atom stereocenters. The number of aliphatic hydroxyl groups excluding tert-OH is 1. The Labute approximate surface area is 158 Å². The molecule has 0 spiro atoms. The number of hydrogen-bond acceptors (Lipinski definition) is 6. The molecule has 148 valence electrons. The van der Waals surface area contributed by atoms with Gasteiger partial charge in [-0.05, 0) is 24.8 Å².